The van der Waals surface area contributed by atoms with E-state index >= 15 is 0 Å². The predicted octanol–water partition coefficient (Wildman–Crippen LogP) is 2.39. The molecule has 4 heterocycles. The Labute approximate surface area is 173 Å². The van der Waals surface area contributed by atoms with Gasteiger partial charge in [0.15, 0.2) is 0 Å². The van der Waals surface area contributed by atoms with Crippen LogP contribution in [0.15, 0.2) is 42.9 Å². The van der Waals surface area contributed by atoms with Gasteiger partial charge in [-0.2, -0.15) is 10.1 Å². The van der Waals surface area contributed by atoms with E-state index in [1.165, 1.54) is 0 Å². The van der Waals surface area contributed by atoms with Gasteiger partial charge in [-0.25, -0.2) is 9.03 Å². The van der Waals surface area contributed by atoms with Gasteiger partial charge in [0.1, 0.15) is 5.52 Å². The Bertz CT molecular complexity index is 1160. The number of hydrogen-bond acceptors (Lipinski definition) is 7. The molecule has 30 heavy (non-hydrogen) atoms. The summed E-state index contributed by atoms with van der Waals surface area (Å²) in [5.41, 5.74) is 3.92. The van der Waals surface area contributed by atoms with Crippen LogP contribution in [0.3, 0.4) is 0 Å². The van der Waals surface area contributed by atoms with Gasteiger partial charge in [0, 0.05) is 30.2 Å². The van der Waals surface area contributed by atoms with Gasteiger partial charge in [-0.15, -0.1) is 5.10 Å². The third-order valence-electron chi connectivity index (χ3n) is 5.34. The van der Waals surface area contributed by atoms with Gasteiger partial charge in [-0.1, -0.05) is 0 Å². The van der Waals surface area contributed by atoms with Gasteiger partial charge < -0.3 is 19.9 Å². The minimum absolute atomic E-state index is 0.0516. The molecule has 0 bridgehead atoms. The van der Waals surface area contributed by atoms with Crippen molar-refractivity contribution in [3.8, 4) is 17.0 Å². The van der Waals surface area contributed by atoms with Gasteiger partial charge >= 0.3 is 0 Å². The molecule has 0 aliphatic heterocycles. The van der Waals surface area contributed by atoms with Gasteiger partial charge in [0.05, 0.1) is 31.4 Å². The molecule has 0 aromatic carbocycles. The van der Waals surface area contributed by atoms with Gasteiger partial charge in [-0.3, -0.25) is 0 Å². The van der Waals surface area contributed by atoms with Crippen LogP contribution in [0.4, 0.5) is 5.95 Å². The first-order chi connectivity index (χ1) is 14.7. The molecule has 4 aromatic rings. The zero-order chi connectivity index (χ0) is 20.5. The minimum Gasteiger partial charge on any atom is -0.476 e. The fraction of sp³-hybridized carbons (Fsp3) is 0.381. The third-order valence-corrected chi connectivity index (χ3v) is 5.34. The number of rotatable bonds is 8. The van der Waals surface area contributed by atoms with Crippen molar-refractivity contribution in [2.45, 2.75) is 31.9 Å². The van der Waals surface area contributed by atoms with Crippen LogP contribution in [0.25, 0.3) is 22.2 Å². The summed E-state index contributed by atoms with van der Waals surface area (Å²) in [6.07, 6.45) is 7.57. The summed E-state index contributed by atoms with van der Waals surface area (Å²) in [7, 11) is 0. The Morgan fingerprint density at radius 1 is 1.20 bits per heavy atom. The maximum absolute atomic E-state index is 8.86. The molecule has 0 unspecified atom stereocenters. The Balaban J connectivity index is 1.44. The molecule has 1 aliphatic carbocycles. The van der Waals surface area contributed by atoms with E-state index < -0.39 is 0 Å². The highest BCUT2D eigenvalue weighted by Gasteiger charge is 2.30. The second-order valence-electron chi connectivity index (χ2n) is 7.34. The standard InChI is InChI=1S/C21H24N6O3/c1-2-29-20-19-18(14-4-7-26-16(11-14)3-6-22-26)5-8-27(19)25-21(24-20)23-15-12-17(13-15)30-10-9-28/h3-8,11,15,17,28H,2,9-10,12-13H2,1H3,(H,23,25). The molecule has 156 valence electrons. The van der Waals surface area contributed by atoms with Gasteiger partial charge in [-0.05, 0) is 49.6 Å². The molecule has 9 heteroatoms. The fourth-order valence-corrected chi connectivity index (χ4v) is 3.83. The molecule has 2 N–H and O–H groups in total. The van der Waals surface area contributed by atoms with Crippen LogP contribution in [0.2, 0.25) is 0 Å². The van der Waals surface area contributed by atoms with Crippen LogP contribution >= 0.6 is 0 Å². The first-order valence-electron chi connectivity index (χ1n) is 10.2. The number of hydrogen-bond donors (Lipinski definition) is 2. The molecule has 1 fully saturated rings. The average molecular weight is 408 g/mol. The molecule has 1 aliphatic rings. The van der Waals surface area contributed by atoms with E-state index in [-0.39, 0.29) is 18.8 Å². The maximum Gasteiger partial charge on any atom is 0.244 e. The summed E-state index contributed by atoms with van der Waals surface area (Å²) in [6, 6.07) is 8.36. The summed E-state index contributed by atoms with van der Waals surface area (Å²) in [6.45, 7) is 2.89. The Hall–Kier alpha value is -3.17. The lowest BCUT2D eigenvalue weighted by molar-refractivity contribution is -0.0196. The van der Waals surface area contributed by atoms with E-state index in [1.807, 2.05) is 46.5 Å². The van der Waals surface area contributed by atoms with Gasteiger partial charge in [0.2, 0.25) is 11.8 Å². The molecule has 4 aromatic heterocycles. The maximum atomic E-state index is 8.86. The monoisotopic (exact) mass is 408 g/mol. The van der Waals surface area contributed by atoms with E-state index in [0.717, 1.165) is 35.0 Å². The molecule has 0 spiro atoms. The van der Waals surface area contributed by atoms with Crippen LogP contribution in [0.1, 0.15) is 19.8 Å². The van der Waals surface area contributed by atoms with E-state index in [0.29, 0.717) is 25.0 Å². The third kappa shape index (κ3) is 3.46. The fourth-order valence-electron chi connectivity index (χ4n) is 3.83. The SMILES string of the molecule is CCOc1nc(NC2CC(OCCO)C2)nn2ccc(-c3ccn4nccc4c3)c12. The van der Waals surface area contributed by atoms with E-state index in [4.69, 9.17) is 14.6 Å². The summed E-state index contributed by atoms with van der Waals surface area (Å²) < 4.78 is 15.1. The smallest absolute Gasteiger partial charge is 0.244 e. The van der Waals surface area contributed by atoms with Crippen molar-refractivity contribution in [2.75, 3.05) is 25.1 Å². The second-order valence-corrected chi connectivity index (χ2v) is 7.34. The van der Waals surface area contributed by atoms with Crippen LogP contribution in [0, 0.1) is 0 Å². The largest absolute Gasteiger partial charge is 0.476 e. The lowest BCUT2D eigenvalue weighted by Gasteiger charge is -2.35. The van der Waals surface area contributed by atoms with E-state index in [9.17, 15) is 0 Å². The van der Waals surface area contributed by atoms with Crippen molar-refractivity contribution in [3.05, 3.63) is 42.9 Å². The summed E-state index contributed by atoms with van der Waals surface area (Å²) >= 11 is 0. The topological polar surface area (TPSA) is 98.2 Å². The molecular weight excluding hydrogens is 384 g/mol. The van der Waals surface area contributed by atoms with Gasteiger partial charge in [0.25, 0.3) is 0 Å². The first-order valence-corrected chi connectivity index (χ1v) is 10.2. The number of aliphatic hydroxyl groups is 1. The molecule has 0 radical (unpaired) electrons. The number of fused-ring (bicyclic) bond motifs is 2. The number of aliphatic hydroxyl groups excluding tert-OH is 1. The van der Waals surface area contributed by atoms with Crippen molar-refractivity contribution < 1.29 is 14.6 Å². The first kappa shape index (κ1) is 18.8. The predicted molar refractivity (Wildman–Crippen MR) is 112 cm³/mol. The van der Waals surface area contributed by atoms with Crippen LogP contribution < -0.4 is 10.1 Å². The van der Waals surface area contributed by atoms with E-state index in [2.05, 4.69) is 26.6 Å². The van der Waals surface area contributed by atoms with Crippen LogP contribution in [-0.4, -0.2) is 61.3 Å². The number of nitrogens with one attached hydrogen (secondary N) is 1. The lowest BCUT2D eigenvalue weighted by Crippen LogP contribution is -2.41. The van der Waals surface area contributed by atoms with Crippen molar-refractivity contribution in [2.24, 2.45) is 0 Å². The highest BCUT2D eigenvalue weighted by Crippen LogP contribution is 2.33. The highest BCUT2D eigenvalue weighted by atomic mass is 16.5. The normalized spacial score (nSPS) is 18.6. The number of anilines is 1. The molecule has 1 saturated carbocycles. The average Bonchev–Trinajstić information content (AvgIpc) is 3.36. The summed E-state index contributed by atoms with van der Waals surface area (Å²) in [4.78, 5) is 4.65. The lowest BCUT2D eigenvalue weighted by atomic mass is 9.89. The van der Waals surface area contributed by atoms with Crippen LogP contribution in [-0.2, 0) is 4.74 Å². The quantitative estimate of drug-likeness (QED) is 0.462. The molecule has 0 amide bonds. The number of pyridine rings is 1. The number of ether oxygens (including phenoxy) is 2. The highest BCUT2D eigenvalue weighted by molar-refractivity contribution is 5.85. The zero-order valence-corrected chi connectivity index (χ0v) is 16.7. The number of aromatic nitrogens is 5. The van der Waals surface area contributed by atoms with Crippen molar-refractivity contribution in [3.63, 3.8) is 0 Å². The Morgan fingerprint density at radius 2 is 2.07 bits per heavy atom. The van der Waals surface area contributed by atoms with E-state index in [1.54, 1.807) is 6.20 Å². The summed E-state index contributed by atoms with van der Waals surface area (Å²) in [5.74, 6) is 1.08. The molecule has 0 saturated heterocycles. The Kier molecular flexibility index (Phi) is 4.97. The second kappa shape index (κ2) is 7.92. The molecular formula is C21H24N6O3. The minimum atomic E-state index is 0.0516. The van der Waals surface area contributed by atoms with Crippen molar-refractivity contribution >= 4 is 17.0 Å². The Morgan fingerprint density at radius 3 is 2.90 bits per heavy atom. The molecule has 5 rings (SSSR count). The molecule has 9 nitrogen and oxygen atoms in total. The summed E-state index contributed by atoms with van der Waals surface area (Å²) in [5, 5.41) is 21.1. The van der Waals surface area contributed by atoms with Crippen LogP contribution in [0.5, 0.6) is 5.88 Å². The number of nitrogens with zero attached hydrogens (tertiary/aromatic N) is 5. The van der Waals surface area contributed by atoms with Crippen molar-refractivity contribution in [1.82, 2.24) is 24.2 Å². The molecule has 0 atom stereocenters. The zero-order valence-electron chi connectivity index (χ0n) is 16.7. The van der Waals surface area contributed by atoms with Crippen molar-refractivity contribution in [1.29, 1.82) is 0 Å².